The maximum absolute atomic E-state index is 14.1. The number of fused-ring (bicyclic) bond motifs is 1. The number of hydrogen-bond donors (Lipinski definition) is 1. The Morgan fingerprint density at radius 3 is 2.41 bits per heavy atom. The number of aromatic nitrogens is 1. The van der Waals surface area contributed by atoms with Crippen molar-refractivity contribution in [2.24, 2.45) is 0 Å². The fraction of sp³-hybridized carbons (Fsp3) is 0.200. The highest BCUT2D eigenvalue weighted by Gasteiger charge is 2.28. The second kappa shape index (κ2) is 7.16. The van der Waals surface area contributed by atoms with E-state index in [0.29, 0.717) is 19.2 Å². The number of nitrogens with zero attached hydrogens (tertiary/aromatic N) is 2. The number of carbonyl (C=O) groups is 1. The molecule has 4 rings (SSSR count). The van der Waals surface area contributed by atoms with Gasteiger partial charge in [-0.3, -0.25) is 0 Å². The van der Waals surface area contributed by atoms with Crippen LogP contribution in [0, 0.1) is 11.6 Å². The third-order valence-corrected chi connectivity index (χ3v) is 6.82. The zero-order valence-electron chi connectivity index (χ0n) is 15.1. The first-order valence-electron chi connectivity index (χ1n) is 8.91. The van der Waals surface area contributed by atoms with E-state index < -0.39 is 27.6 Å². The molecule has 0 radical (unpaired) electrons. The summed E-state index contributed by atoms with van der Waals surface area (Å²) in [5, 5.41) is 9.76. The normalized spacial score (nSPS) is 15.1. The predicted octanol–water partition coefficient (Wildman–Crippen LogP) is 3.66. The van der Waals surface area contributed by atoms with Gasteiger partial charge in [0, 0.05) is 30.1 Å². The number of benzene rings is 2. The lowest BCUT2D eigenvalue weighted by molar-refractivity contribution is 0.0699. The van der Waals surface area contributed by atoms with Crippen LogP contribution in [-0.2, 0) is 10.0 Å². The van der Waals surface area contributed by atoms with E-state index in [1.54, 1.807) is 0 Å². The van der Waals surface area contributed by atoms with Gasteiger partial charge >= 0.3 is 5.97 Å². The van der Waals surface area contributed by atoms with Crippen LogP contribution in [-0.4, -0.2) is 41.9 Å². The summed E-state index contributed by atoms with van der Waals surface area (Å²) < 4.78 is 54.3. The molecule has 29 heavy (non-hydrogen) atoms. The molecule has 1 aliphatic rings. The van der Waals surface area contributed by atoms with Crippen LogP contribution in [0.15, 0.2) is 47.4 Å². The molecule has 0 spiro atoms. The summed E-state index contributed by atoms with van der Waals surface area (Å²) in [5.74, 6) is -2.94. The van der Waals surface area contributed by atoms with Gasteiger partial charge in [-0.15, -0.1) is 0 Å². The van der Waals surface area contributed by atoms with Crippen molar-refractivity contribution in [2.75, 3.05) is 13.1 Å². The molecule has 1 aliphatic heterocycles. The van der Waals surface area contributed by atoms with Crippen LogP contribution in [0.3, 0.4) is 0 Å². The molecular weight excluding hydrogens is 402 g/mol. The van der Waals surface area contributed by atoms with Crippen molar-refractivity contribution >= 4 is 26.9 Å². The van der Waals surface area contributed by atoms with Gasteiger partial charge in [-0.2, -0.15) is 4.31 Å². The molecule has 1 fully saturated rings. The Kier molecular flexibility index (Phi) is 4.79. The molecule has 150 valence electrons. The van der Waals surface area contributed by atoms with Crippen LogP contribution in [0.4, 0.5) is 8.78 Å². The molecule has 0 saturated carbocycles. The zero-order valence-corrected chi connectivity index (χ0v) is 15.9. The number of sulfonamides is 1. The first-order valence-corrected chi connectivity index (χ1v) is 10.3. The van der Waals surface area contributed by atoms with Crippen molar-refractivity contribution in [1.29, 1.82) is 0 Å². The van der Waals surface area contributed by atoms with E-state index in [-0.39, 0.29) is 32.6 Å². The van der Waals surface area contributed by atoms with Gasteiger partial charge < -0.3 is 5.11 Å². The standard InChI is InChI=1S/C20H16F2N2O4S/c21-12-3-5-14(17(22)9-12)19-11-16(20(25)26)15-10-13(4-6-18(15)23-19)29(27,28)24-7-1-2-8-24/h3-6,9-11H,1-2,7-8H2,(H,25,26). The lowest BCUT2D eigenvalue weighted by Gasteiger charge is -2.16. The van der Waals surface area contributed by atoms with Gasteiger partial charge in [0.2, 0.25) is 10.0 Å². The van der Waals surface area contributed by atoms with Crippen LogP contribution in [0.25, 0.3) is 22.2 Å². The largest absolute Gasteiger partial charge is 0.478 e. The van der Waals surface area contributed by atoms with Crippen LogP contribution < -0.4 is 0 Å². The third kappa shape index (κ3) is 3.47. The molecule has 3 aromatic rings. The van der Waals surface area contributed by atoms with Gasteiger partial charge in [0.1, 0.15) is 11.6 Å². The Morgan fingerprint density at radius 2 is 1.76 bits per heavy atom. The summed E-state index contributed by atoms with van der Waals surface area (Å²) in [5.41, 5.74) is -0.0525. The fourth-order valence-corrected chi connectivity index (χ4v) is 5.00. The van der Waals surface area contributed by atoms with Crippen molar-refractivity contribution in [2.45, 2.75) is 17.7 Å². The number of rotatable bonds is 4. The molecule has 2 heterocycles. The average Bonchev–Trinajstić information content (AvgIpc) is 3.22. The molecule has 1 N–H and O–H groups in total. The number of aromatic carboxylic acids is 1. The van der Waals surface area contributed by atoms with E-state index in [0.717, 1.165) is 25.0 Å². The Bertz CT molecular complexity index is 1240. The molecule has 0 bridgehead atoms. The summed E-state index contributed by atoms with van der Waals surface area (Å²) in [6, 6.07) is 8.12. The molecule has 0 atom stereocenters. The Hall–Kier alpha value is -2.91. The summed E-state index contributed by atoms with van der Waals surface area (Å²) in [4.78, 5) is 16.1. The highest BCUT2D eigenvalue weighted by atomic mass is 32.2. The molecule has 6 nitrogen and oxygen atoms in total. The predicted molar refractivity (Wildman–Crippen MR) is 102 cm³/mol. The van der Waals surface area contributed by atoms with Crippen molar-refractivity contribution in [3.63, 3.8) is 0 Å². The number of carboxylic acids is 1. The second-order valence-electron chi connectivity index (χ2n) is 6.77. The minimum Gasteiger partial charge on any atom is -0.478 e. The van der Waals surface area contributed by atoms with Crippen molar-refractivity contribution < 1.29 is 27.1 Å². The summed E-state index contributed by atoms with van der Waals surface area (Å²) in [7, 11) is -3.74. The number of pyridine rings is 1. The minimum atomic E-state index is -3.74. The van der Waals surface area contributed by atoms with Gasteiger partial charge in [-0.25, -0.2) is 27.0 Å². The SMILES string of the molecule is O=C(O)c1cc(-c2ccc(F)cc2F)nc2ccc(S(=O)(=O)N3CCCC3)cc12. The fourth-order valence-electron chi connectivity index (χ4n) is 3.46. The first kappa shape index (κ1) is 19.4. The molecule has 0 unspecified atom stereocenters. The molecule has 9 heteroatoms. The first-order chi connectivity index (χ1) is 13.8. The smallest absolute Gasteiger partial charge is 0.336 e. The summed E-state index contributed by atoms with van der Waals surface area (Å²) in [6.45, 7) is 0.848. The van der Waals surface area contributed by atoms with Gasteiger partial charge in [-0.1, -0.05) is 0 Å². The van der Waals surface area contributed by atoms with Crippen molar-refractivity contribution in [3.05, 3.63) is 59.7 Å². The Balaban J connectivity index is 1.89. The zero-order chi connectivity index (χ0) is 20.8. The van der Waals surface area contributed by atoms with E-state index in [2.05, 4.69) is 4.98 Å². The van der Waals surface area contributed by atoms with Crippen molar-refractivity contribution in [3.8, 4) is 11.3 Å². The monoisotopic (exact) mass is 418 g/mol. The van der Waals surface area contributed by atoms with Gasteiger partial charge in [-0.05, 0) is 49.2 Å². The molecule has 1 saturated heterocycles. The maximum atomic E-state index is 14.1. The van der Waals surface area contributed by atoms with Crippen molar-refractivity contribution in [1.82, 2.24) is 9.29 Å². The molecular formula is C20H16F2N2O4S. The Labute approximate surface area is 165 Å². The number of carboxylic acid groups (broad SMARTS) is 1. The topological polar surface area (TPSA) is 87.6 Å². The van der Waals surface area contributed by atoms with Crippen LogP contribution >= 0.6 is 0 Å². The van der Waals surface area contributed by atoms with Gasteiger partial charge in [0.05, 0.1) is 21.7 Å². The third-order valence-electron chi connectivity index (χ3n) is 4.92. The molecule has 0 amide bonds. The van der Waals surface area contributed by atoms with E-state index in [9.17, 15) is 27.1 Å². The minimum absolute atomic E-state index is 0.0163. The van der Waals surface area contributed by atoms with E-state index in [1.165, 1.54) is 28.6 Å². The lowest BCUT2D eigenvalue weighted by atomic mass is 10.0. The van der Waals surface area contributed by atoms with Gasteiger partial charge in [0.25, 0.3) is 0 Å². The van der Waals surface area contributed by atoms with E-state index in [4.69, 9.17) is 0 Å². The van der Waals surface area contributed by atoms with Crippen LogP contribution in [0.2, 0.25) is 0 Å². The quantitative estimate of drug-likeness (QED) is 0.699. The molecule has 0 aliphatic carbocycles. The van der Waals surface area contributed by atoms with Gasteiger partial charge in [0.15, 0.2) is 0 Å². The summed E-state index contributed by atoms with van der Waals surface area (Å²) in [6.07, 6.45) is 1.56. The lowest BCUT2D eigenvalue weighted by Crippen LogP contribution is -2.27. The Morgan fingerprint density at radius 1 is 1.03 bits per heavy atom. The van der Waals surface area contributed by atoms with Crippen LogP contribution in [0.1, 0.15) is 23.2 Å². The summed E-state index contributed by atoms with van der Waals surface area (Å²) >= 11 is 0. The van der Waals surface area contributed by atoms with E-state index in [1.807, 2.05) is 0 Å². The average molecular weight is 418 g/mol. The molecule has 1 aromatic heterocycles. The number of halogens is 2. The highest BCUT2D eigenvalue weighted by Crippen LogP contribution is 2.30. The second-order valence-corrected chi connectivity index (χ2v) is 8.71. The molecule has 2 aromatic carbocycles. The maximum Gasteiger partial charge on any atom is 0.336 e. The number of hydrogen-bond acceptors (Lipinski definition) is 4. The van der Waals surface area contributed by atoms with E-state index >= 15 is 0 Å². The highest BCUT2D eigenvalue weighted by molar-refractivity contribution is 7.89. The van der Waals surface area contributed by atoms with Crippen LogP contribution in [0.5, 0.6) is 0 Å².